The zero-order chi connectivity index (χ0) is 13.4. The van der Waals surface area contributed by atoms with Crippen LogP contribution < -0.4 is 0 Å². The standard InChI is InChI=1S/C12H5BrN4O/c13-3-8-1-2-9(18-8)10-11(4-14,5-15)12(10,6-16)7-17/h1-2,10H,3H2. The second kappa shape index (κ2) is 3.88. The molecule has 2 rings (SSSR count). The largest absolute Gasteiger partial charge is 0.465 e. The molecule has 0 saturated heterocycles. The highest BCUT2D eigenvalue weighted by Crippen LogP contribution is 2.73. The highest BCUT2D eigenvalue weighted by Gasteiger charge is 2.83. The normalized spacial score (nSPS) is 18.9. The second-order valence-corrected chi connectivity index (χ2v) is 4.49. The fourth-order valence-corrected chi connectivity index (χ4v) is 2.49. The summed E-state index contributed by atoms with van der Waals surface area (Å²) in [5, 5.41) is 37.0. The van der Waals surface area contributed by atoms with Gasteiger partial charge in [0.05, 0.1) is 35.5 Å². The number of hydrogen-bond donors (Lipinski definition) is 0. The van der Waals surface area contributed by atoms with E-state index in [1.54, 1.807) is 36.4 Å². The molecule has 0 bridgehead atoms. The second-order valence-electron chi connectivity index (χ2n) is 3.93. The number of hydrogen-bond acceptors (Lipinski definition) is 5. The van der Waals surface area contributed by atoms with Crippen molar-refractivity contribution in [2.75, 3.05) is 0 Å². The predicted octanol–water partition coefficient (Wildman–Crippen LogP) is 2.34. The molecule has 0 radical (unpaired) electrons. The van der Waals surface area contributed by atoms with Crippen LogP contribution in [0.25, 0.3) is 0 Å². The van der Waals surface area contributed by atoms with E-state index < -0.39 is 16.7 Å². The highest BCUT2D eigenvalue weighted by atomic mass is 79.9. The first-order chi connectivity index (χ1) is 8.65. The zero-order valence-corrected chi connectivity index (χ0v) is 10.6. The Morgan fingerprint density at radius 3 is 1.89 bits per heavy atom. The lowest BCUT2D eigenvalue weighted by Crippen LogP contribution is -2.05. The Hall–Kier alpha value is -2.28. The molecule has 1 aromatic rings. The maximum Gasteiger partial charge on any atom is 0.188 e. The van der Waals surface area contributed by atoms with E-state index in [2.05, 4.69) is 15.9 Å². The molecule has 0 atom stereocenters. The van der Waals surface area contributed by atoms with Gasteiger partial charge in [-0.15, -0.1) is 0 Å². The fourth-order valence-electron chi connectivity index (χ4n) is 2.18. The van der Waals surface area contributed by atoms with Crippen molar-refractivity contribution in [3.05, 3.63) is 23.7 Å². The van der Waals surface area contributed by atoms with Gasteiger partial charge < -0.3 is 4.42 Å². The molecule has 6 heteroatoms. The zero-order valence-electron chi connectivity index (χ0n) is 9.01. The lowest BCUT2D eigenvalue weighted by atomic mass is 9.98. The molecule has 1 aliphatic carbocycles. The van der Waals surface area contributed by atoms with E-state index in [0.717, 1.165) is 0 Å². The number of halogens is 1. The first-order valence-electron chi connectivity index (χ1n) is 4.95. The van der Waals surface area contributed by atoms with Crippen LogP contribution in [0.3, 0.4) is 0 Å². The van der Waals surface area contributed by atoms with Crippen molar-refractivity contribution in [2.45, 2.75) is 11.2 Å². The van der Waals surface area contributed by atoms with Gasteiger partial charge in [0.15, 0.2) is 10.8 Å². The molecule has 0 spiro atoms. The lowest BCUT2D eigenvalue weighted by Gasteiger charge is -1.92. The SMILES string of the molecule is N#CC1(C#N)C(c2ccc(CBr)o2)C1(C#N)C#N. The van der Waals surface area contributed by atoms with Gasteiger partial charge in [-0.05, 0) is 12.1 Å². The molecule has 0 amide bonds. The van der Waals surface area contributed by atoms with E-state index in [4.69, 9.17) is 25.5 Å². The maximum atomic E-state index is 9.12. The number of furan rings is 1. The van der Waals surface area contributed by atoms with Crippen molar-refractivity contribution < 1.29 is 4.42 Å². The molecule has 18 heavy (non-hydrogen) atoms. The summed E-state index contributed by atoms with van der Waals surface area (Å²) in [5.41, 5.74) is -3.28. The van der Waals surface area contributed by atoms with E-state index in [0.29, 0.717) is 16.9 Å². The summed E-state index contributed by atoms with van der Waals surface area (Å²) in [6.07, 6.45) is 0. The number of alkyl halides is 1. The van der Waals surface area contributed by atoms with Crippen LogP contribution in [0.4, 0.5) is 0 Å². The summed E-state index contributed by atoms with van der Waals surface area (Å²) >= 11 is 3.21. The molecule has 1 fully saturated rings. The minimum atomic E-state index is -1.64. The van der Waals surface area contributed by atoms with Crippen LogP contribution in [-0.4, -0.2) is 0 Å². The van der Waals surface area contributed by atoms with Crippen molar-refractivity contribution in [3.8, 4) is 24.3 Å². The highest BCUT2D eigenvalue weighted by molar-refractivity contribution is 9.08. The summed E-state index contributed by atoms with van der Waals surface area (Å²) in [7, 11) is 0. The average Bonchev–Trinajstić information content (AvgIpc) is 2.74. The minimum absolute atomic E-state index is 0.329. The number of nitrogens with zero attached hydrogens (tertiary/aromatic N) is 4. The molecule has 0 aliphatic heterocycles. The molecule has 86 valence electrons. The Morgan fingerprint density at radius 1 is 1.06 bits per heavy atom. The maximum absolute atomic E-state index is 9.12. The quantitative estimate of drug-likeness (QED) is 0.779. The molecule has 0 unspecified atom stereocenters. The van der Waals surface area contributed by atoms with E-state index in [1.165, 1.54) is 0 Å². The van der Waals surface area contributed by atoms with Crippen LogP contribution >= 0.6 is 15.9 Å². The Balaban J connectivity index is 2.54. The van der Waals surface area contributed by atoms with Gasteiger partial charge in [0, 0.05) is 0 Å². The van der Waals surface area contributed by atoms with Gasteiger partial charge in [-0.2, -0.15) is 21.0 Å². The third kappa shape index (κ3) is 1.16. The van der Waals surface area contributed by atoms with Crippen LogP contribution in [0, 0.1) is 56.2 Å². The molecule has 1 heterocycles. The topological polar surface area (TPSA) is 108 Å². The van der Waals surface area contributed by atoms with E-state index in [9.17, 15) is 0 Å². The van der Waals surface area contributed by atoms with Gasteiger partial charge in [-0.3, -0.25) is 0 Å². The lowest BCUT2D eigenvalue weighted by molar-refractivity contribution is 0.471. The van der Waals surface area contributed by atoms with Gasteiger partial charge >= 0.3 is 0 Å². The van der Waals surface area contributed by atoms with Gasteiger partial charge in [0.25, 0.3) is 0 Å². The summed E-state index contributed by atoms with van der Waals surface area (Å²) in [4.78, 5) is 0. The summed E-state index contributed by atoms with van der Waals surface area (Å²) < 4.78 is 5.42. The molecule has 0 N–H and O–H groups in total. The van der Waals surface area contributed by atoms with E-state index in [1.807, 2.05) is 0 Å². The first kappa shape index (κ1) is 12.2. The predicted molar refractivity (Wildman–Crippen MR) is 61.4 cm³/mol. The molecule has 5 nitrogen and oxygen atoms in total. The third-order valence-electron chi connectivity index (χ3n) is 3.21. The number of rotatable bonds is 2. The molecular formula is C12H5BrN4O. The smallest absolute Gasteiger partial charge is 0.188 e. The van der Waals surface area contributed by atoms with Crippen molar-refractivity contribution in [1.82, 2.24) is 0 Å². The van der Waals surface area contributed by atoms with Crippen molar-refractivity contribution in [1.29, 1.82) is 21.0 Å². The number of nitriles is 4. The van der Waals surface area contributed by atoms with Gasteiger partial charge in [-0.1, -0.05) is 15.9 Å². The molecule has 1 aliphatic rings. The van der Waals surface area contributed by atoms with Crippen LogP contribution in [0.15, 0.2) is 16.5 Å². The fraction of sp³-hybridized carbons (Fsp3) is 0.333. The van der Waals surface area contributed by atoms with Crippen molar-refractivity contribution in [2.24, 2.45) is 10.8 Å². The van der Waals surface area contributed by atoms with Crippen molar-refractivity contribution >= 4 is 15.9 Å². The Labute approximate surface area is 112 Å². The van der Waals surface area contributed by atoms with Gasteiger partial charge in [0.1, 0.15) is 11.5 Å². The summed E-state index contributed by atoms with van der Waals surface area (Å²) in [5.74, 6) is 0.130. The average molecular weight is 301 g/mol. The van der Waals surface area contributed by atoms with Crippen molar-refractivity contribution in [3.63, 3.8) is 0 Å². The monoisotopic (exact) mass is 300 g/mol. The molecule has 0 aromatic carbocycles. The first-order valence-corrected chi connectivity index (χ1v) is 6.07. The van der Waals surface area contributed by atoms with Crippen LogP contribution in [0.5, 0.6) is 0 Å². The summed E-state index contributed by atoms with van der Waals surface area (Å²) in [6, 6.07) is 10.5. The van der Waals surface area contributed by atoms with Gasteiger partial charge in [0.2, 0.25) is 0 Å². The van der Waals surface area contributed by atoms with Crippen LogP contribution in [0.1, 0.15) is 17.4 Å². The van der Waals surface area contributed by atoms with Gasteiger partial charge in [-0.25, -0.2) is 0 Å². The summed E-state index contributed by atoms with van der Waals surface area (Å²) in [6.45, 7) is 0. The molecule has 1 aromatic heterocycles. The van der Waals surface area contributed by atoms with E-state index in [-0.39, 0.29) is 0 Å². The Morgan fingerprint density at radius 2 is 1.56 bits per heavy atom. The van der Waals surface area contributed by atoms with Crippen LogP contribution in [-0.2, 0) is 5.33 Å². The Kier molecular flexibility index (Phi) is 2.63. The Bertz CT molecular complexity index is 598. The minimum Gasteiger partial charge on any atom is -0.465 e. The third-order valence-corrected chi connectivity index (χ3v) is 3.76. The molecular weight excluding hydrogens is 296 g/mol. The van der Waals surface area contributed by atoms with E-state index >= 15 is 0 Å². The molecule has 1 saturated carbocycles. The van der Waals surface area contributed by atoms with Crippen LogP contribution in [0.2, 0.25) is 0 Å².